The molecule has 1 aromatic carbocycles. The zero-order valence-corrected chi connectivity index (χ0v) is 16.2. The van der Waals surface area contributed by atoms with Gasteiger partial charge in [-0.2, -0.15) is 4.98 Å². The topological polar surface area (TPSA) is 81.2 Å². The number of hydrogen-bond acceptors (Lipinski definition) is 5. The van der Waals surface area contributed by atoms with E-state index < -0.39 is 0 Å². The fraction of sp³-hybridized carbons (Fsp3) is 0.429. The summed E-state index contributed by atoms with van der Waals surface area (Å²) < 4.78 is 7.00. The van der Waals surface area contributed by atoms with Crippen molar-refractivity contribution in [2.24, 2.45) is 0 Å². The Morgan fingerprint density at radius 1 is 1.21 bits per heavy atom. The Bertz CT molecular complexity index is 1050. The first-order chi connectivity index (χ1) is 13.5. The molecule has 1 fully saturated rings. The predicted molar refractivity (Wildman–Crippen MR) is 105 cm³/mol. The average molecular weight is 380 g/mol. The lowest BCUT2D eigenvalue weighted by atomic mass is 10.0. The van der Waals surface area contributed by atoms with E-state index in [1.807, 2.05) is 38.1 Å². The number of nitrogens with zero attached hydrogens (tertiary/aromatic N) is 4. The second-order valence-corrected chi connectivity index (χ2v) is 7.56. The van der Waals surface area contributed by atoms with Crippen LogP contribution in [0.5, 0.6) is 0 Å². The summed E-state index contributed by atoms with van der Waals surface area (Å²) in [5.74, 6) is 1.20. The molecule has 1 aliphatic rings. The van der Waals surface area contributed by atoms with Gasteiger partial charge in [0.15, 0.2) is 5.82 Å². The van der Waals surface area contributed by atoms with Gasteiger partial charge in [-0.25, -0.2) is 0 Å². The molecule has 146 valence electrons. The van der Waals surface area contributed by atoms with E-state index in [4.69, 9.17) is 4.52 Å². The van der Waals surface area contributed by atoms with Crippen molar-refractivity contribution < 1.29 is 9.32 Å². The highest BCUT2D eigenvalue weighted by Crippen LogP contribution is 2.31. The summed E-state index contributed by atoms with van der Waals surface area (Å²) in [7, 11) is 0. The maximum absolute atomic E-state index is 13.2. The Balaban J connectivity index is 1.63. The lowest BCUT2D eigenvalue weighted by Crippen LogP contribution is -2.41. The molecule has 1 amide bonds. The third kappa shape index (κ3) is 3.44. The summed E-state index contributed by atoms with van der Waals surface area (Å²) in [5.41, 5.74) is 0.581. The molecule has 3 heterocycles. The highest BCUT2D eigenvalue weighted by molar-refractivity contribution is 5.82. The second kappa shape index (κ2) is 7.58. The molecule has 1 saturated heterocycles. The van der Waals surface area contributed by atoms with Crippen molar-refractivity contribution in [2.45, 2.75) is 51.6 Å². The first-order valence-electron chi connectivity index (χ1n) is 9.76. The summed E-state index contributed by atoms with van der Waals surface area (Å²) in [6, 6.07) is 10.7. The van der Waals surface area contributed by atoms with Gasteiger partial charge in [0, 0.05) is 18.5 Å². The van der Waals surface area contributed by atoms with E-state index in [9.17, 15) is 9.59 Å². The number of carbonyl (C=O) groups excluding carboxylic acids is 1. The first-order valence-corrected chi connectivity index (χ1v) is 9.76. The van der Waals surface area contributed by atoms with E-state index in [0.717, 1.165) is 30.2 Å². The van der Waals surface area contributed by atoms with Gasteiger partial charge in [0.25, 0.3) is 5.56 Å². The molecule has 0 radical (unpaired) electrons. The molecule has 2 aromatic heterocycles. The number of carbonyl (C=O) groups is 1. The Morgan fingerprint density at radius 2 is 2.04 bits per heavy atom. The number of rotatable bonds is 4. The van der Waals surface area contributed by atoms with E-state index in [2.05, 4.69) is 10.1 Å². The van der Waals surface area contributed by atoms with E-state index >= 15 is 0 Å². The summed E-state index contributed by atoms with van der Waals surface area (Å²) in [5, 5.41) is 4.98. The number of likely N-dealkylation sites (tertiary alicyclic amines) is 1. The van der Waals surface area contributed by atoms with E-state index in [0.29, 0.717) is 18.3 Å². The Kier molecular flexibility index (Phi) is 4.98. The van der Waals surface area contributed by atoms with Crippen molar-refractivity contribution in [1.82, 2.24) is 19.6 Å². The number of pyridine rings is 1. The van der Waals surface area contributed by atoms with E-state index in [1.165, 1.54) is 10.6 Å². The Labute approximate surface area is 163 Å². The molecule has 0 aliphatic carbocycles. The SMILES string of the molecule is CC(C)c1noc([C@H]2CCCCN2C(=O)Cn2c(=O)ccc3ccccc32)n1. The number of hydrogen-bond donors (Lipinski definition) is 0. The summed E-state index contributed by atoms with van der Waals surface area (Å²) in [6.07, 6.45) is 2.72. The van der Waals surface area contributed by atoms with Crippen LogP contribution < -0.4 is 5.56 Å². The normalized spacial score (nSPS) is 17.4. The highest BCUT2D eigenvalue weighted by Gasteiger charge is 2.32. The fourth-order valence-corrected chi connectivity index (χ4v) is 3.74. The minimum atomic E-state index is -0.230. The Hall–Kier alpha value is -2.96. The second-order valence-electron chi connectivity index (χ2n) is 7.56. The van der Waals surface area contributed by atoms with Crippen LogP contribution in [0.3, 0.4) is 0 Å². The maximum Gasteiger partial charge on any atom is 0.251 e. The van der Waals surface area contributed by atoms with Crippen LogP contribution in [-0.4, -0.2) is 32.1 Å². The number of para-hydroxylation sites is 1. The summed E-state index contributed by atoms with van der Waals surface area (Å²) in [6.45, 7) is 4.64. The molecule has 28 heavy (non-hydrogen) atoms. The van der Waals surface area contributed by atoms with Crippen LogP contribution >= 0.6 is 0 Å². The molecular formula is C21H24N4O3. The lowest BCUT2D eigenvalue weighted by Gasteiger charge is -2.33. The molecule has 3 aromatic rings. The number of amides is 1. The van der Waals surface area contributed by atoms with Crippen LogP contribution in [0.25, 0.3) is 10.9 Å². The van der Waals surface area contributed by atoms with Crippen LogP contribution in [0.4, 0.5) is 0 Å². The zero-order chi connectivity index (χ0) is 19.7. The van der Waals surface area contributed by atoms with Crippen molar-refractivity contribution in [3.63, 3.8) is 0 Å². The average Bonchev–Trinajstić information content (AvgIpc) is 3.20. The van der Waals surface area contributed by atoms with Crippen molar-refractivity contribution >= 4 is 16.8 Å². The van der Waals surface area contributed by atoms with Crippen molar-refractivity contribution in [1.29, 1.82) is 0 Å². The first kappa shape index (κ1) is 18.4. The molecular weight excluding hydrogens is 356 g/mol. The standard InChI is InChI=1S/C21H24N4O3/c1-14(2)20-22-21(28-23-20)17-9-5-6-12-24(17)19(27)13-25-16-8-4-3-7-15(16)10-11-18(25)26/h3-4,7-8,10-11,14,17H,5-6,9,12-13H2,1-2H3/t17-/m1/s1. The monoisotopic (exact) mass is 380 g/mol. The quantitative estimate of drug-likeness (QED) is 0.694. The van der Waals surface area contributed by atoms with Crippen molar-refractivity contribution in [2.75, 3.05) is 6.54 Å². The van der Waals surface area contributed by atoms with Crippen LogP contribution in [0, 0.1) is 0 Å². The molecule has 1 atom stereocenters. The molecule has 0 spiro atoms. The third-order valence-corrected chi connectivity index (χ3v) is 5.27. The third-order valence-electron chi connectivity index (χ3n) is 5.27. The van der Waals surface area contributed by atoms with Gasteiger partial charge in [0.2, 0.25) is 11.8 Å². The highest BCUT2D eigenvalue weighted by atomic mass is 16.5. The van der Waals surface area contributed by atoms with Gasteiger partial charge in [-0.15, -0.1) is 0 Å². The van der Waals surface area contributed by atoms with Gasteiger partial charge in [0.1, 0.15) is 12.6 Å². The lowest BCUT2D eigenvalue weighted by molar-refractivity contribution is -0.136. The van der Waals surface area contributed by atoms with Crippen molar-refractivity contribution in [3.05, 3.63) is 58.5 Å². The van der Waals surface area contributed by atoms with Gasteiger partial charge in [-0.3, -0.25) is 14.2 Å². The van der Waals surface area contributed by atoms with Crippen LogP contribution in [0.2, 0.25) is 0 Å². The zero-order valence-electron chi connectivity index (χ0n) is 16.2. The smallest absolute Gasteiger partial charge is 0.251 e. The van der Waals surface area contributed by atoms with Gasteiger partial charge in [-0.1, -0.05) is 37.2 Å². The number of aromatic nitrogens is 3. The summed E-state index contributed by atoms with van der Waals surface area (Å²) in [4.78, 5) is 31.9. The van der Waals surface area contributed by atoms with Gasteiger partial charge in [0.05, 0.1) is 5.52 Å². The predicted octanol–water partition coefficient (Wildman–Crippen LogP) is 3.26. The van der Waals surface area contributed by atoms with Crippen LogP contribution in [0.1, 0.15) is 56.8 Å². The molecule has 0 saturated carbocycles. The molecule has 7 nitrogen and oxygen atoms in total. The van der Waals surface area contributed by atoms with Gasteiger partial charge in [-0.05, 0) is 36.8 Å². The molecule has 0 N–H and O–H groups in total. The largest absolute Gasteiger partial charge is 0.337 e. The summed E-state index contributed by atoms with van der Waals surface area (Å²) >= 11 is 0. The Morgan fingerprint density at radius 3 is 2.82 bits per heavy atom. The molecule has 0 unspecified atom stereocenters. The van der Waals surface area contributed by atoms with E-state index in [-0.39, 0.29) is 30.0 Å². The number of fused-ring (bicyclic) bond motifs is 1. The molecule has 7 heteroatoms. The minimum absolute atomic E-state index is 0.00185. The van der Waals surface area contributed by atoms with Gasteiger partial charge < -0.3 is 9.42 Å². The molecule has 4 rings (SSSR count). The van der Waals surface area contributed by atoms with Crippen molar-refractivity contribution in [3.8, 4) is 0 Å². The number of piperidine rings is 1. The minimum Gasteiger partial charge on any atom is -0.337 e. The van der Waals surface area contributed by atoms with E-state index in [1.54, 1.807) is 11.0 Å². The van der Waals surface area contributed by atoms with Gasteiger partial charge >= 0.3 is 0 Å². The van der Waals surface area contributed by atoms with Crippen LogP contribution in [0.15, 0.2) is 45.7 Å². The van der Waals surface area contributed by atoms with Crippen LogP contribution in [-0.2, 0) is 11.3 Å². The fourth-order valence-electron chi connectivity index (χ4n) is 3.74. The molecule has 1 aliphatic heterocycles. The maximum atomic E-state index is 13.2. The number of benzene rings is 1. The molecule has 0 bridgehead atoms.